The van der Waals surface area contributed by atoms with Crippen LogP contribution in [0, 0.1) is 0 Å². The zero-order valence-electron chi connectivity index (χ0n) is 13.0. The first-order valence-electron chi connectivity index (χ1n) is 6.78. The van der Waals surface area contributed by atoms with Gasteiger partial charge in [0.1, 0.15) is 18.2 Å². The molecule has 0 radical (unpaired) electrons. The molecular weight excluding hydrogens is 280 g/mol. The molecule has 2 amide bonds. The zero-order chi connectivity index (χ0) is 16.2. The molecule has 1 heterocycles. The third-order valence-corrected chi connectivity index (χ3v) is 2.57. The fraction of sp³-hybridized carbons (Fsp3) is 0.769. The Morgan fingerprint density at radius 1 is 1.48 bits per heavy atom. The molecule has 1 aliphatic heterocycles. The number of hydrogen-bond acceptors (Lipinski definition) is 6. The molecule has 0 aliphatic carbocycles. The molecule has 0 aromatic heterocycles. The third-order valence-electron chi connectivity index (χ3n) is 2.57. The van der Waals surface area contributed by atoms with Gasteiger partial charge in [-0.2, -0.15) is 0 Å². The molecule has 0 aromatic rings. The summed E-state index contributed by atoms with van der Waals surface area (Å²) in [5.41, 5.74) is -0.662. The van der Waals surface area contributed by atoms with Crippen LogP contribution in [0.4, 0.5) is 4.79 Å². The molecule has 0 bridgehead atoms. The van der Waals surface area contributed by atoms with Crippen molar-refractivity contribution in [2.75, 3.05) is 13.2 Å². The van der Waals surface area contributed by atoms with E-state index in [1.807, 2.05) is 0 Å². The van der Waals surface area contributed by atoms with Crippen LogP contribution in [0.3, 0.4) is 0 Å². The Labute approximate surface area is 123 Å². The minimum atomic E-state index is -0.878. The van der Waals surface area contributed by atoms with E-state index in [2.05, 4.69) is 5.32 Å². The van der Waals surface area contributed by atoms with Crippen molar-refractivity contribution in [3.05, 3.63) is 0 Å². The Morgan fingerprint density at radius 3 is 2.62 bits per heavy atom. The number of hydrogen-bond donors (Lipinski definition) is 1. The summed E-state index contributed by atoms with van der Waals surface area (Å²) < 4.78 is 9.88. The second-order valence-electron chi connectivity index (χ2n) is 5.59. The molecule has 1 unspecified atom stereocenters. The monoisotopic (exact) mass is 302 g/mol. The summed E-state index contributed by atoms with van der Waals surface area (Å²) in [4.78, 5) is 40.4. The van der Waals surface area contributed by atoms with Gasteiger partial charge < -0.3 is 14.8 Å². The van der Waals surface area contributed by atoms with Gasteiger partial charge in [0.2, 0.25) is 0 Å². The van der Waals surface area contributed by atoms with Gasteiger partial charge in [-0.3, -0.25) is 9.63 Å². The predicted octanol–water partition coefficient (Wildman–Crippen LogP) is 0.605. The predicted molar refractivity (Wildman–Crippen MR) is 72.1 cm³/mol. The molecule has 1 fully saturated rings. The van der Waals surface area contributed by atoms with Gasteiger partial charge in [-0.15, -0.1) is 0 Å². The maximum atomic E-state index is 12.1. The lowest BCUT2D eigenvalue weighted by Crippen LogP contribution is -2.47. The van der Waals surface area contributed by atoms with Crippen LogP contribution in [-0.2, 0) is 23.9 Å². The van der Waals surface area contributed by atoms with E-state index in [0.29, 0.717) is 0 Å². The molecule has 0 aromatic carbocycles. The number of nitrogens with one attached hydrogen (secondary N) is 1. The SMILES string of the molecule is CCOC(=O)C(C)N1OC[C@@H](NC(=O)OC(C)(C)C)C1=O. The van der Waals surface area contributed by atoms with Crippen LogP contribution < -0.4 is 5.32 Å². The maximum absolute atomic E-state index is 12.1. The van der Waals surface area contributed by atoms with Crippen molar-refractivity contribution in [1.29, 1.82) is 0 Å². The van der Waals surface area contributed by atoms with E-state index >= 15 is 0 Å². The highest BCUT2D eigenvalue weighted by atomic mass is 16.7. The van der Waals surface area contributed by atoms with Gasteiger partial charge in [-0.05, 0) is 34.6 Å². The minimum absolute atomic E-state index is 0.0537. The van der Waals surface area contributed by atoms with Gasteiger partial charge in [-0.1, -0.05) is 0 Å². The van der Waals surface area contributed by atoms with Crippen LogP contribution in [-0.4, -0.2) is 53.9 Å². The van der Waals surface area contributed by atoms with E-state index in [1.54, 1.807) is 27.7 Å². The molecule has 0 saturated carbocycles. The maximum Gasteiger partial charge on any atom is 0.408 e. The summed E-state index contributed by atoms with van der Waals surface area (Å²) in [6.45, 7) is 8.47. The first-order chi connectivity index (χ1) is 9.65. The summed E-state index contributed by atoms with van der Waals surface area (Å²) >= 11 is 0. The number of alkyl carbamates (subject to hydrolysis) is 1. The molecule has 120 valence electrons. The van der Waals surface area contributed by atoms with Gasteiger partial charge >= 0.3 is 12.1 Å². The lowest BCUT2D eigenvalue weighted by Gasteiger charge is -2.22. The van der Waals surface area contributed by atoms with Crippen molar-refractivity contribution < 1.29 is 28.7 Å². The Kier molecular flexibility index (Phi) is 5.54. The molecule has 1 N–H and O–H groups in total. The van der Waals surface area contributed by atoms with Gasteiger partial charge in [0.05, 0.1) is 6.61 Å². The number of nitrogens with zero attached hydrogens (tertiary/aromatic N) is 1. The Morgan fingerprint density at radius 2 is 2.10 bits per heavy atom. The van der Waals surface area contributed by atoms with E-state index in [4.69, 9.17) is 14.3 Å². The number of carbonyl (C=O) groups is 3. The van der Waals surface area contributed by atoms with E-state index < -0.39 is 35.7 Å². The van der Waals surface area contributed by atoms with E-state index in [0.717, 1.165) is 5.06 Å². The Balaban J connectivity index is 2.57. The first-order valence-corrected chi connectivity index (χ1v) is 6.78. The van der Waals surface area contributed by atoms with Crippen molar-refractivity contribution in [3.8, 4) is 0 Å². The zero-order valence-corrected chi connectivity index (χ0v) is 13.0. The largest absolute Gasteiger partial charge is 0.464 e. The number of esters is 1. The van der Waals surface area contributed by atoms with Crippen molar-refractivity contribution in [2.45, 2.75) is 52.3 Å². The summed E-state index contributed by atoms with van der Waals surface area (Å²) in [6, 6.07) is -1.75. The average molecular weight is 302 g/mol. The average Bonchev–Trinajstić information content (AvgIpc) is 2.68. The highest BCUT2D eigenvalue weighted by Gasteiger charge is 2.40. The van der Waals surface area contributed by atoms with Gasteiger partial charge in [-0.25, -0.2) is 14.7 Å². The molecular formula is C13H22N2O6. The Bertz CT molecular complexity index is 417. The number of carbonyl (C=O) groups excluding carboxylic acids is 3. The molecule has 1 rings (SSSR count). The topological polar surface area (TPSA) is 94.2 Å². The van der Waals surface area contributed by atoms with E-state index in [9.17, 15) is 14.4 Å². The van der Waals surface area contributed by atoms with Crippen molar-refractivity contribution in [1.82, 2.24) is 10.4 Å². The molecule has 8 nitrogen and oxygen atoms in total. The van der Waals surface area contributed by atoms with Gasteiger partial charge in [0.25, 0.3) is 5.91 Å². The van der Waals surface area contributed by atoms with Crippen LogP contribution >= 0.6 is 0 Å². The van der Waals surface area contributed by atoms with Crippen molar-refractivity contribution >= 4 is 18.0 Å². The van der Waals surface area contributed by atoms with Crippen LogP contribution in [0.2, 0.25) is 0 Å². The second-order valence-corrected chi connectivity index (χ2v) is 5.59. The minimum Gasteiger partial charge on any atom is -0.464 e. The lowest BCUT2D eigenvalue weighted by molar-refractivity contribution is -0.186. The number of ether oxygens (including phenoxy) is 2. The lowest BCUT2D eigenvalue weighted by atomic mass is 10.2. The smallest absolute Gasteiger partial charge is 0.408 e. The van der Waals surface area contributed by atoms with Crippen molar-refractivity contribution in [3.63, 3.8) is 0 Å². The first kappa shape index (κ1) is 17.2. The molecule has 8 heteroatoms. The Hall–Kier alpha value is -1.83. The molecule has 0 spiro atoms. The highest BCUT2D eigenvalue weighted by Crippen LogP contribution is 2.14. The summed E-state index contributed by atoms with van der Waals surface area (Å²) in [5.74, 6) is -1.08. The number of rotatable bonds is 4. The highest BCUT2D eigenvalue weighted by molar-refractivity contribution is 5.90. The van der Waals surface area contributed by atoms with Crippen LogP contribution in [0.15, 0.2) is 0 Å². The molecule has 2 atom stereocenters. The van der Waals surface area contributed by atoms with Crippen LogP contribution in [0.25, 0.3) is 0 Å². The summed E-state index contributed by atoms with van der Waals surface area (Å²) in [5, 5.41) is 3.33. The fourth-order valence-corrected chi connectivity index (χ4v) is 1.66. The quantitative estimate of drug-likeness (QED) is 0.764. The summed E-state index contributed by atoms with van der Waals surface area (Å²) in [6.07, 6.45) is -0.713. The van der Waals surface area contributed by atoms with Crippen LogP contribution in [0.1, 0.15) is 34.6 Å². The molecule has 21 heavy (non-hydrogen) atoms. The van der Waals surface area contributed by atoms with E-state index in [1.165, 1.54) is 6.92 Å². The van der Waals surface area contributed by atoms with Gasteiger partial charge in [0, 0.05) is 0 Å². The number of hydroxylamine groups is 2. The van der Waals surface area contributed by atoms with Gasteiger partial charge in [0.15, 0.2) is 6.04 Å². The summed E-state index contributed by atoms with van der Waals surface area (Å²) in [7, 11) is 0. The van der Waals surface area contributed by atoms with Crippen molar-refractivity contribution in [2.24, 2.45) is 0 Å². The number of amides is 2. The fourth-order valence-electron chi connectivity index (χ4n) is 1.66. The standard InChI is InChI=1S/C13H22N2O6/c1-6-19-11(17)8(2)15-10(16)9(7-20-15)14-12(18)21-13(3,4)5/h8-9H,6-7H2,1-5H3,(H,14,18)/t8?,9-/m1/s1. The van der Waals surface area contributed by atoms with Crippen LogP contribution in [0.5, 0.6) is 0 Å². The molecule has 1 aliphatic rings. The second kappa shape index (κ2) is 6.75. The normalized spacial score (nSPS) is 20.1. The third kappa shape index (κ3) is 4.89. The molecule has 1 saturated heterocycles. The van der Waals surface area contributed by atoms with E-state index in [-0.39, 0.29) is 13.2 Å².